The van der Waals surface area contributed by atoms with E-state index in [0.717, 1.165) is 30.6 Å². The summed E-state index contributed by atoms with van der Waals surface area (Å²) in [5.74, 6) is 0.157. The Labute approximate surface area is 118 Å². The largest absolute Gasteiger partial charge is 0.330 e. The third-order valence-corrected chi connectivity index (χ3v) is 4.82. The Bertz CT molecular complexity index is 549. The van der Waals surface area contributed by atoms with Gasteiger partial charge in [0.25, 0.3) is 0 Å². The van der Waals surface area contributed by atoms with Gasteiger partial charge in [-0.1, -0.05) is 17.7 Å². The number of hydrogen-bond acceptors (Lipinski definition) is 2. The molecule has 1 saturated carbocycles. The van der Waals surface area contributed by atoms with E-state index in [2.05, 4.69) is 0 Å². The molecule has 3 nitrogen and oxygen atoms in total. The van der Waals surface area contributed by atoms with Crippen molar-refractivity contribution in [3.8, 4) is 0 Å². The monoisotopic (exact) mass is 278 g/mol. The number of halogens is 1. The van der Waals surface area contributed by atoms with Crippen molar-refractivity contribution in [2.24, 2.45) is 11.1 Å². The lowest BCUT2D eigenvalue weighted by Gasteiger charge is -2.25. The number of amides is 1. The minimum atomic E-state index is -0.468. The van der Waals surface area contributed by atoms with Crippen LogP contribution < -0.4 is 10.6 Å². The summed E-state index contributed by atoms with van der Waals surface area (Å²) in [6.45, 7) is 5.32. The number of hydrogen-bond donors (Lipinski definition) is 1. The quantitative estimate of drug-likeness (QED) is 0.924. The van der Waals surface area contributed by atoms with E-state index in [-0.39, 0.29) is 11.3 Å². The third-order valence-electron chi connectivity index (χ3n) is 4.59. The fraction of sp³-hybridized carbons (Fsp3) is 0.533. The van der Waals surface area contributed by atoms with E-state index >= 15 is 0 Å². The lowest BCUT2D eigenvalue weighted by Crippen LogP contribution is -2.41. The van der Waals surface area contributed by atoms with Crippen molar-refractivity contribution in [1.29, 1.82) is 0 Å². The summed E-state index contributed by atoms with van der Waals surface area (Å²) >= 11 is 6.09. The number of carbonyl (C=O) groups excluding carboxylic acids is 1. The van der Waals surface area contributed by atoms with Gasteiger partial charge in [-0.2, -0.15) is 0 Å². The summed E-state index contributed by atoms with van der Waals surface area (Å²) in [5.41, 5.74) is 7.54. The van der Waals surface area contributed by atoms with Gasteiger partial charge in [0.2, 0.25) is 5.91 Å². The van der Waals surface area contributed by atoms with E-state index in [9.17, 15) is 4.79 Å². The van der Waals surface area contributed by atoms with Gasteiger partial charge in [-0.05, 0) is 50.9 Å². The van der Waals surface area contributed by atoms with Gasteiger partial charge in [-0.25, -0.2) is 0 Å². The molecule has 102 valence electrons. The molecular formula is C15H19ClN2O. The summed E-state index contributed by atoms with van der Waals surface area (Å²) in [6.07, 6.45) is 2.23. The van der Waals surface area contributed by atoms with Crippen LogP contribution in [0, 0.1) is 5.41 Å². The molecule has 1 aliphatic heterocycles. The second-order valence-corrected chi connectivity index (χ2v) is 6.82. The molecule has 0 bridgehead atoms. The number of nitrogens with zero attached hydrogens (tertiary/aromatic N) is 1. The van der Waals surface area contributed by atoms with Gasteiger partial charge in [0.05, 0.1) is 5.41 Å². The van der Waals surface area contributed by atoms with E-state index in [4.69, 9.17) is 17.3 Å². The number of benzene rings is 1. The van der Waals surface area contributed by atoms with Crippen molar-refractivity contribution in [1.82, 2.24) is 0 Å². The summed E-state index contributed by atoms with van der Waals surface area (Å²) in [4.78, 5) is 14.5. The molecular weight excluding hydrogens is 260 g/mol. The van der Waals surface area contributed by atoms with Crippen LogP contribution in [0.25, 0.3) is 0 Å². The Kier molecular flexibility index (Phi) is 2.70. The highest BCUT2D eigenvalue weighted by atomic mass is 35.5. The van der Waals surface area contributed by atoms with Gasteiger partial charge < -0.3 is 10.6 Å². The molecule has 1 heterocycles. The first-order chi connectivity index (χ1) is 8.89. The zero-order valence-corrected chi connectivity index (χ0v) is 12.1. The van der Waals surface area contributed by atoms with Crippen molar-refractivity contribution in [3.05, 3.63) is 28.8 Å². The fourth-order valence-electron chi connectivity index (χ4n) is 2.91. The second kappa shape index (κ2) is 3.97. The molecule has 1 amide bonds. The normalized spacial score (nSPS) is 22.5. The Balaban J connectivity index is 2.02. The smallest absolute Gasteiger partial charge is 0.237 e. The topological polar surface area (TPSA) is 46.3 Å². The predicted octanol–water partition coefficient (Wildman–Crippen LogP) is 2.70. The zero-order valence-electron chi connectivity index (χ0n) is 11.4. The molecule has 2 aliphatic rings. The van der Waals surface area contributed by atoms with Gasteiger partial charge in [0.1, 0.15) is 0 Å². The minimum Gasteiger partial charge on any atom is -0.330 e. The maximum atomic E-state index is 12.7. The Morgan fingerprint density at radius 3 is 2.63 bits per heavy atom. The Hall–Kier alpha value is -1.06. The SMILES string of the molecule is CC1(C)C(=O)N(CC2(CN)CC2)c2cc(Cl)ccc21. The van der Waals surface area contributed by atoms with Crippen LogP contribution in [-0.2, 0) is 10.2 Å². The summed E-state index contributed by atoms with van der Waals surface area (Å²) < 4.78 is 0. The summed E-state index contributed by atoms with van der Waals surface area (Å²) in [5, 5.41) is 0.673. The van der Waals surface area contributed by atoms with E-state index < -0.39 is 5.41 Å². The lowest BCUT2D eigenvalue weighted by atomic mass is 9.86. The maximum absolute atomic E-state index is 12.7. The lowest BCUT2D eigenvalue weighted by molar-refractivity contribution is -0.122. The van der Waals surface area contributed by atoms with Crippen LogP contribution in [0.4, 0.5) is 5.69 Å². The van der Waals surface area contributed by atoms with Crippen molar-refractivity contribution >= 4 is 23.2 Å². The van der Waals surface area contributed by atoms with Crippen molar-refractivity contribution in [2.45, 2.75) is 32.1 Å². The molecule has 1 fully saturated rings. The van der Waals surface area contributed by atoms with Crippen LogP contribution in [0.2, 0.25) is 5.02 Å². The molecule has 2 N–H and O–H groups in total. The van der Waals surface area contributed by atoms with Crippen LogP contribution in [0.15, 0.2) is 18.2 Å². The van der Waals surface area contributed by atoms with E-state index in [1.165, 1.54) is 0 Å². The number of rotatable bonds is 3. The number of anilines is 1. The van der Waals surface area contributed by atoms with Crippen molar-refractivity contribution in [3.63, 3.8) is 0 Å². The molecule has 0 unspecified atom stereocenters. The second-order valence-electron chi connectivity index (χ2n) is 6.38. The van der Waals surface area contributed by atoms with E-state index in [1.807, 2.05) is 36.9 Å². The molecule has 19 heavy (non-hydrogen) atoms. The van der Waals surface area contributed by atoms with Gasteiger partial charge in [-0.3, -0.25) is 4.79 Å². The Morgan fingerprint density at radius 2 is 2.05 bits per heavy atom. The van der Waals surface area contributed by atoms with Gasteiger partial charge in [0, 0.05) is 22.7 Å². The number of fused-ring (bicyclic) bond motifs is 1. The molecule has 1 aromatic carbocycles. The highest BCUT2D eigenvalue weighted by Crippen LogP contribution is 2.50. The zero-order chi connectivity index (χ0) is 13.8. The molecule has 1 aliphatic carbocycles. The molecule has 0 saturated heterocycles. The molecule has 0 spiro atoms. The van der Waals surface area contributed by atoms with E-state index in [1.54, 1.807) is 0 Å². The van der Waals surface area contributed by atoms with Crippen molar-refractivity contribution < 1.29 is 4.79 Å². The number of nitrogens with two attached hydrogens (primary N) is 1. The van der Waals surface area contributed by atoms with Gasteiger partial charge in [-0.15, -0.1) is 0 Å². The van der Waals surface area contributed by atoms with Gasteiger partial charge >= 0.3 is 0 Å². The highest BCUT2D eigenvalue weighted by Gasteiger charge is 2.50. The van der Waals surface area contributed by atoms with Crippen LogP contribution >= 0.6 is 11.6 Å². The molecule has 4 heteroatoms. The first-order valence-corrected chi connectivity index (χ1v) is 7.10. The van der Waals surface area contributed by atoms with Crippen molar-refractivity contribution in [2.75, 3.05) is 18.0 Å². The molecule has 0 aromatic heterocycles. The van der Waals surface area contributed by atoms with Crippen LogP contribution in [-0.4, -0.2) is 19.0 Å². The summed E-state index contributed by atoms with van der Waals surface area (Å²) in [6, 6.07) is 5.72. The molecule has 3 rings (SSSR count). The molecule has 0 atom stereocenters. The van der Waals surface area contributed by atoms with Crippen LogP contribution in [0.1, 0.15) is 32.3 Å². The maximum Gasteiger partial charge on any atom is 0.237 e. The number of carbonyl (C=O) groups is 1. The first kappa shape index (κ1) is 12.9. The predicted molar refractivity (Wildman–Crippen MR) is 77.6 cm³/mol. The highest BCUT2D eigenvalue weighted by molar-refractivity contribution is 6.31. The first-order valence-electron chi connectivity index (χ1n) is 6.72. The average molecular weight is 279 g/mol. The van der Waals surface area contributed by atoms with Gasteiger partial charge in [0.15, 0.2) is 0 Å². The fourth-order valence-corrected chi connectivity index (χ4v) is 3.08. The van der Waals surface area contributed by atoms with E-state index in [0.29, 0.717) is 11.6 Å². The summed E-state index contributed by atoms with van der Waals surface area (Å²) in [7, 11) is 0. The van der Waals surface area contributed by atoms with Crippen LogP contribution in [0.5, 0.6) is 0 Å². The van der Waals surface area contributed by atoms with Crippen LogP contribution in [0.3, 0.4) is 0 Å². The average Bonchev–Trinajstić information content (AvgIpc) is 3.11. The Morgan fingerprint density at radius 1 is 1.37 bits per heavy atom. The standard InChI is InChI=1S/C15H19ClN2O/c1-14(2)11-4-3-10(16)7-12(11)18(13(14)19)9-15(8-17)5-6-15/h3-4,7H,5-6,8-9,17H2,1-2H3. The molecule has 0 radical (unpaired) electrons. The third kappa shape index (κ3) is 1.87. The minimum absolute atomic E-state index is 0.135. The molecule has 1 aromatic rings.